The maximum atomic E-state index is 11.6. The highest BCUT2D eigenvalue weighted by molar-refractivity contribution is 6.33. The van der Waals surface area contributed by atoms with E-state index < -0.39 is 11.3 Å². The summed E-state index contributed by atoms with van der Waals surface area (Å²) in [6, 6.07) is 2.11. The number of rotatable bonds is 3. The Labute approximate surface area is 139 Å². The zero-order valence-electron chi connectivity index (χ0n) is 12.6. The zero-order chi connectivity index (χ0) is 15.8. The Bertz CT molecular complexity index is 678. The molecule has 0 spiro atoms. The number of carbonyl (C=O) groups is 1. The molecule has 0 N–H and O–H groups in total. The fraction of sp³-hybridized carbons (Fsp3) is 0.533. The number of halogens is 1. The third-order valence-electron chi connectivity index (χ3n) is 4.46. The smallest absolute Gasteiger partial charge is 0.288 e. The summed E-state index contributed by atoms with van der Waals surface area (Å²) >= 11 is 6.13. The minimum Gasteiger partial charge on any atom is -0.368 e. The van der Waals surface area contributed by atoms with Gasteiger partial charge in [0.05, 0.1) is 11.9 Å². The number of piperazine rings is 1. The zero-order valence-corrected chi connectivity index (χ0v) is 13.4. The number of aromatic nitrogens is 2. The van der Waals surface area contributed by atoms with Gasteiger partial charge in [-0.1, -0.05) is 0 Å². The van der Waals surface area contributed by atoms with E-state index in [-0.39, 0.29) is 0 Å². The summed E-state index contributed by atoms with van der Waals surface area (Å²) in [7, 11) is 0. The Kier molecular flexibility index (Phi) is 3.72. The molecule has 1 atom stereocenters. The van der Waals surface area contributed by atoms with Gasteiger partial charge in [0.2, 0.25) is 0 Å². The van der Waals surface area contributed by atoms with Gasteiger partial charge in [-0.25, -0.2) is 9.97 Å². The maximum absolute atomic E-state index is 11.6. The van der Waals surface area contributed by atoms with E-state index in [0.717, 1.165) is 43.4 Å². The first kappa shape index (κ1) is 14.6. The molecule has 1 unspecified atom stereocenters. The SMILES string of the molecule is O=C1N=NC=C(N2CCN(c3cc(C4CC4)ncn3)CC2)C1Cl. The first-order valence-corrected chi connectivity index (χ1v) is 8.26. The van der Waals surface area contributed by atoms with Crippen molar-refractivity contribution in [3.63, 3.8) is 0 Å². The van der Waals surface area contributed by atoms with Crippen LogP contribution >= 0.6 is 11.6 Å². The van der Waals surface area contributed by atoms with Crippen molar-refractivity contribution in [3.05, 3.63) is 30.0 Å². The van der Waals surface area contributed by atoms with E-state index in [4.69, 9.17) is 11.6 Å². The minimum absolute atomic E-state index is 0.392. The number of azo groups is 1. The van der Waals surface area contributed by atoms with Crippen LogP contribution in [0.4, 0.5) is 5.82 Å². The fourth-order valence-electron chi connectivity index (χ4n) is 2.96. The molecule has 7 nitrogen and oxygen atoms in total. The molecule has 120 valence electrons. The van der Waals surface area contributed by atoms with Crippen molar-refractivity contribution in [2.45, 2.75) is 24.1 Å². The van der Waals surface area contributed by atoms with E-state index in [1.165, 1.54) is 12.8 Å². The first-order chi connectivity index (χ1) is 11.2. The molecule has 2 aliphatic heterocycles. The van der Waals surface area contributed by atoms with Crippen molar-refractivity contribution in [1.82, 2.24) is 14.9 Å². The number of amides is 1. The Morgan fingerprint density at radius 1 is 1.09 bits per heavy atom. The Balaban J connectivity index is 1.43. The molecule has 3 aliphatic rings. The topological polar surface area (TPSA) is 74.1 Å². The van der Waals surface area contributed by atoms with Crippen molar-refractivity contribution < 1.29 is 4.79 Å². The van der Waals surface area contributed by atoms with E-state index in [9.17, 15) is 4.79 Å². The average Bonchev–Trinajstić information content (AvgIpc) is 3.43. The summed E-state index contributed by atoms with van der Waals surface area (Å²) in [5.74, 6) is 1.22. The number of alkyl halides is 1. The molecule has 3 heterocycles. The summed E-state index contributed by atoms with van der Waals surface area (Å²) < 4.78 is 0. The van der Waals surface area contributed by atoms with E-state index in [0.29, 0.717) is 5.92 Å². The summed E-state index contributed by atoms with van der Waals surface area (Å²) in [5.41, 5.74) is 1.90. The molecular weight excluding hydrogens is 316 g/mol. The van der Waals surface area contributed by atoms with Crippen molar-refractivity contribution >= 4 is 23.3 Å². The molecular formula is C15H17ClN6O. The summed E-state index contributed by atoms with van der Waals surface area (Å²) in [6.07, 6.45) is 5.72. The highest BCUT2D eigenvalue weighted by Crippen LogP contribution is 2.39. The van der Waals surface area contributed by atoms with Gasteiger partial charge in [-0.2, -0.15) is 5.11 Å². The van der Waals surface area contributed by atoms with Gasteiger partial charge >= 0.3 is 0 Å². The lowest BCUT2D eigenvalue weighted by molar-refractivity contribution is -0.117. The van der Waals surface area contributed by atoms with Crippen LogP contribution in [0.15, 0.2) is 34.5 Å². The van der Waals surface area contributed by atoms with Crippen LogP contribution in [0.2, 0.25) is 0 Å². The van der Waals surface area contributed by atoms with Crippen LogP contribution in [0.25, 0.3) is 0 Å². The normalized spacial score (nSPS) is 24.8. The average molecular weight is 333 g/mol. The highest BCUT2D eigenvalue weighted by atomic mass is 35.5. The highest BCUT2D eigenvalue weighted by Gasteiger charge is 2.30. The van der Waals surface area contributed by atoms with E-state index in [2.05, 4.69) is 36.1 Å². The van der Waals surface area contributed by atoms with Gasteiger partial charge in [0, 0.05) is 43.9 Å². The molecule has 2 fully saturated rings. The van der Waals surface area contributed by atoms with E-state index in [1.54, 1.807) is 12.5 Å². The van der Waals surface area contributed by atoms with Gasteiger partial charge < -0.3 is 9.80 Å². The molecule has 0 bridgehead atoms. The largest absolute Gasteiger partial charge is 0.368 e. The number of hydrogen-bond acceptors (Lipinski definition) is 6. The van der Waals surface area contributed by atoms with Gasteiger partial charge in [-0.3, -0.25) is 4.79 Å². The van der Waals surface area contributed by atoms with E-state index >= 15 is 0 Å². The van der Waals surface area contributed by atoms with Crippen LogP contribution in [0.5, 0.6) is 0 Å². The predicted molar refractivity (Wildman–Crippen MR) is 85.4 cm³/mol. The maximum Gasteiger partial charge on any atom is 0.288 e. The molecule has 1 saturated carbocycles. The summed E-state index contributed by atoms with van der Waals surface area (Å²) in [6.45, 7) is 3.21. The third-order valence-corrected chi connectivity index (χ3v) is 4.87. The van der Waals surface area contributed by atoms with Crippen LogP contribution in [-0.4, -0.2) is 52.3 Å². The molecule has 1 aromatic heterocycles. The van der Waals surface area contributed by atoms with Crippen LogP contribution in [-0.2, 0) is 4.79 Å². The van der Waals surface area contributed by atoms with Gasteiger partial charge in [-0.05, 0) is 12.8 Å². The summed E-state index contributed by atoms with van der Waals surface area (Å²) in [4.78, 5) is 24.7. The van der Waals surface area contributed by atoms with Crippen LogP contribution < -0.4 is 4.90 Å². The van der Waals surface area contributed by atoms with Crippen molar-refractivity contribution in [1.29, 1.82) is 0 Å². The molecule has 1 aliphatic carbocycles. The monoisotopic (exact) mass is 332 g/mol. The number of anilines is 1. The van der Waals surface area contributed by atoms with Crippen molar-refractivity contribution in [3.8, 4) is 0 Å². The second-order valence-corrected chi connectivity index (χ2v) is 6.46. The van der Waals surface area contributed by atoms with Crippen molar-refractivity contribution in [2.75, 3.05) is 31.1 Å². The van der Waals surface area contributed by atoms with Crippen molar-refractivity contribution in [2.24, 2.45) is 10.2 Å². The number of nitrogens with zero attached hydrogens (tertiary/aromatic N) is 6. The Morgan fingerprint density at radius 3 is 2.57 bits per heavy atom. The number of hydrogen-bond donors (Lipinski definition) is 0. The Hall–Kier alpha value is -2.02. The van der Waals surface area contributed by atoms with Crippen LogP contribution in [0.1, 0.15) is 24.5 Å². The molecule has 1 amide bonds. The molecule has 8 heteroatoms. The third kappa shape index (κ3) is 2.93. The molecule has 23 heavy (non-hydrogen) atoms. The lowest BCUT2D eigenvalue weighted by atomic mass is 10.2. The molecule has 0 radical (unpaired) electrons. The molecule has 0 aromatic carbocycles. The second-order valence-electron chi connectivity index (χ2n) is 6.02. The summed E-state index contributed by atoms with van der Waals surface area (Å²) in [5, 5.41) is 6.49. The van der Waals surface area contributed by atoms with Gasteiger partial charge in [0.15, 0.2) is 5.38 Å². The predicted octanol–water partition coefficient (Wildman–Crippen LogP) is 1.92. The minimum atomic E-state index is -0.723. The lowest BCUT2D eigenvalue weighted by Crippen LogP contribution is -2.48. The van der Waals surface area contributed by atoms with Crippen LogP contribution in [0, 0.1) is 0 Å². The molecule has 1 aromatic rings. The van der Waals surface area contributed by atoms with Crippen LogP contribution in [0.3, 0.4) is 0 Å². The number of carbonyl (C=O) groups excluding carboxylic acids is 1. The standard InChI is InChI=1S/C15H17ClN6O/c16-14-12(8-19-20-15(14)23)21-3-5-22(6-4-21)13-7-11(10-1-2-10)17-9-18-13/h7-10,14H,1-6H2. The quantitative estimate of drug-likeness (QED) is 0.790. The molecule has 1 saturated heterocycles. The Morgan fingerprint density at radius 2 is 1.83 bits per heavy atom. The molecule has 4 rings (SSSR count). The second kappa shape index (κ2) is 5.88. The lowest BCUT2D eigenvalue weighted by Gasteiger charge is -2.38. The van der Waals surface area contributed by atoms with Gasteiger partial charge in [0.25, 0.3) is 5.91 Å². The van der Waals surface area contributed by atoms with Gasteiger partial charge in [-0.15, -0.1) is 16.7 Å². The van der Waals surface area contributed by atoms with E-state index in [1.807, 2.05) is 0 Å². The van der Waals surface area contributed by atoms with Gasteiger partial charge in [0.1, 0.15) is 12.1 Å². The fourth-order valence-corrected chi connectivity index (χ4v) is 3.20. The first-order valence-electron chi connectivity index (χ1n) is 7.83.